The highest BCUT2D eigenvalue weighted by Crippen LogP contribution is 2.27. The molecule has 0 radical (unpaired) electrons. The number of hydrogen-bond donors (Lipinski definition) is 1. The summed E-state index contributed by atoms with van der Waals surface area (Å²) in [6, 6.07) is 19.7. The molecule has 27 heavy (non-hydrogen) atoms. The van der Waals surface area contributed by atoms with E-state index < -0.39 is 21.5 Å². The van der Waals surface area contributed by atoms with Crippen LogP contribution in [0.15, 0.2) is 60.7 Å². The van der Waals surface area contributed by atoms with Crippen molar-refractivity contribution in [3.63, 3.8) is 0 Å². The van der Waals surface area contributed by atoms with Crippen molar-refractivity contribution in [1.29, 1.82) is 0 Å². The van der Waals surface area contributed by atoms with Crippen LogP contribution in [0.2, 0.25) is 0 Å². The average Bonchev–Trinajstić information content (AvgIpc) is 2.63. The summed E-state index contributed by atoms with van der Waals surface area (Å²) in [5.41, 5.74) is 2.17. The number of rotatable bonds is 10. The molecular weight excluding hydrogens is 358 g/mol. The Morgan fingerprint density at radius 3 is 1.93 bits per heavy atom. The summed E-state index contributed by atoms with van der Waals surface area (Å²) in [7, 11) is -3.37. The number of carbonyl (C=O) groups is 1. The van der Waals surface area contributed by atoms with Crippen LogP contribution in [0, 0.1) is 0 Å². The second kappa shape index (κ2) is 10.3. The van der Waals surface area contributed by atoms with Crippen LogP contribution >= 0.6 is 0 Å². The lowest BCUT2D eigenvalue weighted by atomic mass is 9.86. The largest absolute Gasteiger partial charge is 0.352 e. The average molecular weight is 388 g/mol. The van der Waals surface area contributed by atoms with Gasteiger partial charge in [0.05, 0.1) is 5.75 Å². The van der Waals surface area contributed by atoms with Crippen LogP contribution in [0.1, 0.15) is 50.2 Å². The molecule has 2 aromatic rings. The molecule has 2 aromatic carbocycles. The van der Waals surface area contributed by atoms with Gasteiger partial charge in [0.2, 0.25) is 5.91 Å². The van der Waals surface area contributed by atoms with Gasteiger partial charge in [0, 0.05) is 12.0 Å². The number of benzene rings is 2. The van der Waals surface area contributed by atoms with Crippen LogP contribution < -0.4 is 5.32 Å². The van der Waals surface area contributed by atoms with E-state index in [0.29, 0.717) is 6.42 Å². The summed E-state index contributed by atoms with van der Waals surface area (Å²) < 4.78 is 24.3. The molecule has 0 saturated carbocycles. The van der Waals surface area contributed by atoms with Crippen LogP contribution in [0.3, 0.4) is 0 Å². The first-order chi connectivity index (χ1) is 12.9. The van der Waals surface area contributed by atoms with Gasteiger partial charge in [-0.2, -0.15) is 0 Å². The molecule has 1 amide bonds. The van der Waals surface area contributed by atoms with Gasteiger partial charge in [0.25, 0.3) is 0 Å². The molecule has 0 spiro atoms. The zero-order chi connectivity index (χ0) is 19.7. The van der Waals surface area contributed by atoms with Crippen molar-refractivity contribution in [3.05, 3.63) is 71.8 Å². The molecule has 0 saturated heterocycles. The monoisotopic (exact) mass is 387 g/mol. The summed E-state index contributed by atoms with van der Waals surface area (Å²) in [6.45, 7) is 3.95. The van der Waals surface area contributed by atoms with Gasteiger partial charge in [-0.25, -0.2) is 8.42 Å². The molecule has 1 unspecified atom stereocenters. The lowest BCUT2D eigenvalue weighted by Crippen LogP contribution is -2.40. The van der Waals surface area contributed by atoms with Gasteiger partial charge >= 0.3 is 0 Å². The van der Waals surface area contributed by atoms with Crippen molar-refractivity contribution in [3.8, 4) is 0 Å². The smallest absolute Gasteiger partial charge is 0.235 e. The molecule has 2 rings (SSSR count). The third kappa shape index (κ3) is 6.83. The number of unbranched alkanes of at least 4 members (excludes halogenated alkanes) is 2. The van der Waals surface area contributed by atoms with Crippen LogP contribution in [-0.2, 0) is 14.6 Å². The minimum absolute atomic E-state index is 0.0425. The van der Waals surface area contributed by atoms with Crippen molar-refractivity contribution < 1.29 is 13.2 Å². The maximum atomic E-state index is 12.4. The van der Waals surface area contributed by atoms with Crippen molar-refractivity contribution >= 4 is 15.7 Å². The van der Waals surface area contributed by atoms with E-state index in [2.05, 4.69) is 5.32 Å². The highest BCUT2D eigenvalue weighted by atomic mass is 32.2. The second-order valence-electron chi connectivity index (χ2n) is 6.95. The fourth-order valence-electron chi connectivity index (χ4n) is 3.31. The summed E-state index contributed by atoms with van der Waals surface area (Å²) in [4.78, 5) is 12.4. The van der Waals surface area contributed by atoms with Gasteiger partial charge in [-0.3, -0.25) is 4.79 Å². The highest BCUT2D eigenvalue weighted by Gasteiger charge is 2.24. The molecule has 0 aromatic heterocycles. The first-order valence-electron chi connectivity index (χ1n) is 9.52. The minimum Gasteiger partial charge on any atom is -0.352 e. The molecule has 0 aliphatic carbocycles. The Bertz CT molecular complexity index is 764. The van der Waals surface area contributed by atoms with E-state index in [4.69, 9.17) is 0 Å². The highest BCUT2D eigenvalue weighted by molar-refractivity contribution is 7.92. The van der Waals surface area contributed by atoms with Crippen LogP contribution in [0.25, 0.3) is 0 Å². The Balaban J connectivity index is 2.10. The van der Waals surface area contributed by atoms with E-state index in [1.165, 1.54) is 0 Å². The van der Waals surface area contributed by atoms with E-state index in [-0.39, 0.29) is 17.7 Å². The molecule has 1 atom stereocenters. The van der Waals surface area contributed by atoms with Gasteiger partial charge in [0.1, 0.15) is 5.75 Å². The Labute approximate surface area is 162 Å². The number of sulfone groups is 1. The minimum atomic E-state index is -3.37. The zero-order valence-electron chi connectivity index (χ0n) is 16.1. The fourth-order valence-corrected chi connectivity index (χ4v) is 4.58. The van der Waals surface area contributed by atoms with Crippen molar-refractivity contribution in [2.24, 2.45) is 0 Å². The molecule has 4 nitrogen and oxygen atoms in total. The Kier molecular flexibility index (Phi) is 8.04. The molecule has 0 aliphatic rings. The molecule has 5 heteroatoms. The number of hydrogen-bond acceptors (Lipinski definition) is 3. The van der Waals surface area contributed by atoms with Crippen molar-refractivity contribution in [2.45, 2.75) is 45.1 Å². The zero-order valence-corrected chi connectivity index (χ0v) is 16.9. The topological polar surface area (TPSA) is 63.2 Å². The molecule has 0 aliphatic heterocycles. The van der Waals surface area contributed by atoms with Crippen LogP contribution in [0.4, 0.5) is 0 Å². The molecule has 1 N–H and O–H groups in total. The van der Waals surface area contributed by atoms with E-state index >= 15 is 0 Å². The van der Waals surface area contributed by atoms with E-state index in [9.17, 15) is 13.2 Å². The normalized spacial score (nSPS) is 12.7. The standard InChI is InChI=1S/C22H29NO3S/c1-3-4-11-16-27(25,26)17-21(24)23-18(2)22(19-12-7-5-8-13-19)20-14-9-6-10-15-20/h5-10,12-15,18,22H,3-4,11,16-17H2,1-2H3,(H,23,24). The van der Waals surface area contributed by atoms with Crippen LogP contribution in [-0.4, -0.2) is 31.9 Å². The summed E-state index contributed by atoms with van der Waals surface area (Å²) in [5, 5.41) is 2.91. The predicted octanol–water partition coefficient (Wildman–Crippen LogP) is 3.93. The summed E-state index contributed by atoms with van der Waals surface area (Å²) >= 11 is 0. The predicted molar refractivity (Wildman–Crippen MR) is 111 cm³/mol. The Hall–Kier alpha value is -2.14. The molecule has 0 bridgehead atoms. The van der Waals surface area contributed by atoms with Gasteiger partial charge in [-0.15, -0.1) is 0 Å². The fraction of sp³-hybridized carbons (Fsp3) is 0.409. The summed E-state index contributed by atoms with van der Waals surface area (Å²) in [5.74, 6) is -0.851. The molecular formula is C22H29NO3S. The van der Waals surface area contributed by atoms with Gasteiger partial charge in [0.15, 0.2) is 9.84 Å². The SMILES string of the molecule is CCCCCS(=O)(=O)CC(=O)NC(C)C(c1ccccc1)c1ccccc1. The van der Waals surface area contributed by atoms with E-state index in [1.807, 2.05) is 74.5 Å². The van der Waals surface area contributed by atoms with Gasteiger partial charge < -0.3 is 5.32 Å². The Morgan fingerprint density at radius 1 is 0.926 bits per heavy atom. The molecule has 146 valence electrons. The van der Waals surface area contributed by atoms with E-state index in [0.717, 1.165) is 24.0 Å². The molecule has 0 heterocycles. The quantitative estimate of drug-likeness (QED) is 0.628. The number of amides is 1. The van der Waals surface area contributed by atoms with Crippen molar-refractivity contribution in [2.75, 3.05) is 11.5 Å². The third-order valence-electron chi connectivity index (χ3n) is 4.62. The first-order valence-corrected chi connectivity index (χ1v) is 11.3. The molecule has 0 fully saturated rings. The Morgan fingerprint density at radius 2 is 1.44 bits per heavy atom. The number of carbonyl (C=O) groups excluding carboxylic acids is 1. The maximum absolute atomic E-state index is 12.4. The third-order valence-corrected chi connectivity index (χ3v) is 6.23. The lowest BCUT2D eigenvalue weighted by Gasteiger charge is -2.26. The van der Waals surface area contributed by atoms with Gasteiger partial charge in [-0.1, -0.05) is 80.4 Å². The summed E-state index contributed by atoms with van der Waals surface area (Å²) in [6.07, 6.45) is 2.42. The first kappa shape index (κ1) is 21.2. The second-order valence-corrected chi connectivity index (χ2v) is 9.14. The number of nitrogens with one attached hydrogen (secondary N) is 1. The maximum Gasteiger partial charge on any atom is 0.235 e. The van der Waals surface area contributed by atoms with Gasteiger partial charge in [-0.05, 0) is 24.5 Å². The van der Waals surface area contributed by atoms with E-state index in [1.54, 1.807) is 0 Å². The van der Waals surface area contributed by atoms with Crippen molar-refractivity contribution in [1.82, 2.24) is 5.32 Å². The lowest BCUT2D eigenvalue weighted by molar-refractivity contribution is -0.119. The van der Waals surface area contributed by atoms with Crippen LogP contribution in [0.5, 0.6) is 0 Å².